The smallest absolute Gasteiger partial charge is 0.335 e. The summed E-state index contributed by atoms with van der Waals surface area (Å²) in [5.74, 6) is -1.49. The summed E-state index contributed by atoms with van der Waals surface area (Å²) >= 11 is 1.94. The Bertz CT molecular complexity index is 572. The van der Waals surface area contributed by atoms with Gasteiger partial charge in [-0.3, -0.25) is 10.1 Å². The Labute approximate surface area is 116 Å². The molecule has 18 heavy (non-hydrogen) atoms. The van der Waals surface area contributed by atoms with Gasteiger partial charge in [-0.15, -0.1) is 0 Å². The van der Waals surface area contributed by atoms with Gasteiger partial charge in [0.25, 0.3) is 5.91 Å². The van der Waals surface area contributed by atoms with Crippen LogP contribution in [0.15, 0.2) is 18.2 Å². The molecule has 0 saturated carbocycles. The lowest BCUT2D eigenvalue weighted by atomic mass is 9.91. The molecule has 94 valence electrons. The molecule has 3 amide bonds. The molecule has 1 aliphatic heterocycles. The Balaban J connectivity index is 2.49. The number of hydrogen-bond acceptors (Lipinski definition) is 3. The first-order valence-corrected chi connectivity index (χ1v) is 6.09. The summed E-state index contributed by atoms with van der Waals surface area (Å²) in [6.45, 7) is 1.57. The van der Waals surface area contributed by atoms with Crippen molar-refractivity contribution in [3.05, 3.63) is 32.9 Å². The first kappa shape index (κ1) is 12.8. The molecule has 1 atom stereocenters. The summed E-state index contributed by atoms with van der Waals surface area (Å²) in [7, 11) is 0. The number of amides is 3. The monoisotopic (exact) mass is 360 g/mol. The average Bonchev–Trinajstić information content (AvgIpc) is 2.52. The Hall–Kier alpha value is -1.64. The molecule has 2 rings (SSSR count). The van der Waals surface area contributed by atoms with Crippen molar-refractivity contribution in [1.82, 2.24) is 10.6 Å². The second-order valence-electron chi connectivity index (χ2n) is 4.03. The van der Waals surface area contributed by atoms with Gasteiger partial charge in [0.1, 0.15) is 5.54 Å². The van der Waals surface area contributed by atoms with E-state index in [2.05, 4.69) is 10.6 Å². The van der Waals surface area contributed by atoms with Crippen molar-refractivity contribution in [2.45, 2.75) is 12.5 Å². The Morgan fingerprint density at radius 2 is 2.06 bits per heavy atom. The molecule has 0 aliphatic carbocycles. The molecule has 1 saturated heterocycles. The first-order valence-electron chi connectivity index (χ1n) is 5.01. The molecule has 3 N–H and O–H groups in total. The zero-order valence-electron chi connectivity index (χ0n) is 9.28. The van der Waals surface area contributed by atoms with Crippen molar-refractivity contribution in [3.63, 3.8) is 0 Å². The second-order valence-corrected chi connectivity index (χ2v) is 5.20. The molecule has 1 fully saturated rings. The maximum atomic E-state index is 11.8. The van der Waals surface area contributed by atoms with E-state index < -0.39 is 23.4 Å². The van der Waals surface area contributed by atoms with Crippen LogP contribution in [0.25, 0.3) is 0 Å². The minimum absolute atomic E-state index is 0.136. The molecule has 1 heterocycles. The van der Waals surface area contributed by atoms with Crippen LogP contribution in [-0.4, -0.2) is 23.0 Å². The molecule has 1 aliphatic rings. The predicted molar refractivity (Wildman–Crippen MR) is 70.1 cm³/mol. The van der Waals surface area contributed by atoms with Crippen LogP contribution in [-0.2, 0) is 10.3 Å². The number of carbonyl (C=O) groups is 3. The summed E-state index contributed by atoms with van der Waals surface area (Å²) in [6, 6.07) is 3.85. The van der Waals surface area contributed by atoms with Gasteiger partial charge in [0.05, 0.1) is 5.56 Å². The van der Waals surface area contributed by atoms with Crippen molar-refractivity contribution in [3.8, 4) is 0 Å². The number of carboxylic acid groups (broad SMARTS) is 1. The maximum Gasteiger partial charge on any atom is 0.335 e. The van der Waals surface area contributed by atoms with E-state index in [1.54, 1.807) is 6.92 Å². The van der Waals surface area contributed by atoms with E-state index >= 15 is 0 Å². The van der Waals surface area contributed by atoms with E-state index in [1.807, 2.05) is 22.6 Å². The lowest BCUT2D eigenvalue weighted by molar-refractivity contribution is -0.123. The van der Waals surface area contributed by atoms with E-state index in [1.165, 1.54) is 18.2 Å². The third-order valence-electron chi connectivity index (χ3n) is 2.80. The highest BCUT2D eigenvalue weighted by Crippen LogP contribution is 2.29. The standard InChI is InChI=1S/C11H9IN2O4/c1-11(9(17)13-10(18)14-11)6-3-2-5(8(15)16)4-7(6)12/h2-4H,1H3,(H,15,16)(H2,13,14,17,18). The normalized spacial score (nSPS) is 22.6. The van der Waals surface area contributed by atoms with Crippen molar-refractivity contribution in [2.75, 3.05) is 0 Å². The summed E-state index contributed by atoms with van der Waals surface area (Å²) in [5, 5.41) is 13.6. The number of urea groups is 1. The number of nitrogens with one attached hydrogen (secondary N) is 2. The van der Waals surface area contributed by atoms with Gasteiger partial charge in [-0.1, -0.05) is 6.07 Å². The van der Waals surface area contributed by atoms with E-state index in [9.17, 15) is 14.4 Å². The van der Waals surface area contributed by atoms with Crippen LogP contribution in [0.1, 0.15) is 22.8 Å². The Morgan fingerprint density at radius 3 is 2.50 bits per heavy atom. The summed E-state index contributed by atoms with van der Waals surface area (Å²) in [4.78, 5) is 33.8. The number of hydrogen-bond donors (Lipinski definition) is 3. The van der Waals surface area contributed by atoms with Crippen molar-refractivity contribution < 1.29 is 19.5 Å². The molecule has 0 aromatic heterocycles. The number of carboxylic acids is 1. The molecule has 1 aromatic carbocycles. The van der Waals surface area contributed by atoms with Crippen LogP contribution in [0.3, 0.4) is 0 Å². The Morgan fingerprint density at radius 1 is 1.39 bits per heavy atom. The third-order valence-corrected chi connectivity index (χ3v) is 3.69. The fraction of sp³-hybridized carbons (Fsp3) is 0.182. The predicted octanol–water partition coefficient (Wildman–Crippen LogP) is 1.04. The number of carbonyl (C=O) groups excluding carboxylic acids is 2. The fourth-order valence-electron chi connectivity index (χ4n) is 1.79. The van der Waals surface area contributed by atoms with Gasteiger partial charge in [0.2, 0.25) is 0 Å². The van der Waals surface area contributed by atoms with Crippen LogP contribution in [0.5, 0.6) is 0 Å². The molecule has 0 radical (unpaired) electrons. The van der Waals surface area contributed by atoms with E-state index in [4.69, 9.17) is 5.11 Å². The van der Waals surface area contributed by atoms with E-state index in [-0.39, 0.29) is 5.56 Å². The summed E-state index contributed by atoms with van der Waals surface area (Å²) in [5.41, 5.74) is -0.460. The van der Waals surface area contributed by atoms with Crippen LogP contribution in [0.4, 0.5) is 4.79 Å². The number of halogens is 1. The number of benzene rings is 1. The average molecular weight is 360 g/mol. The molecular formula is C11H9IN2O4. The summed E-state index contributed by atoms with van der Waals surface area (Å²) in [6.07, 6.45) is 0. The maximum absolute atomic E-state index is 11.8. The molecule has 0 bridgehead atoms. The van der Waals surface area contributed by atoms with Crippen molar-refractivity contribution >= 4 is 40.5 Å². The lowest BCUT2D eigenvalue weighted by Crippen LogP contribution is -2.41. The highest BCUT2D eigenvalue weighted by molar-refractivity contribution is 14.1. The highest BCUT2D eigenvalue weighted by Gasteiger charge is 2.44. The largest absolute Gasteiger partial charge is 0.478 e. The molecule has 7 heteroatoms. The van der Waals surface area contributed by atoms with Gasteiger partial charge >= 0.3 is 12.0 Å². The van der Waals surface area contributed by atoms with Crippen LogP contribution >= 0.6 is 22.6 Å². The number of aromatic carboxylic acids is 1. The van der Waals surface area contributed by atoms with Crippen molar-refractivity contribution in [1.29, 1.82) is 0 Å². The van der Waals surface area contributed by atoms with Gasteiger partial charge in [-0.2, -0.15) is 0 Å². The molecule has 0 spiro atoms. The molecule has 6 nitrogen and oxygen atoms in total. The SMILES string of the molecule is CC1(c2ccc(C(=O)O)cc2I)NC(=O)NC1=O. The lowest BCUT2D eigenvalue weighted by Gasteiger charge is -2.22. The van der Waals surface area contributed by atoms with E-state index in [0.29, 0.717) is 9.13 Å². The van der Waals surface area contributed by atoms with Gasteiger partial charge in [0, 0.05) is 9.13 Å². The minimum Gasteiger partial charge on any atom is -0.478 e. The second kappa shape index (κ2) is 4.23. The molecular weight excluding hydrogens is 351 g/mol. The van der Waals surface area contributed by atoms with Crippen molar-refractivity contribution in [2.24, 2.45) is 0 Å². The number of imide groups is 1. The topological polar surface area (TPSA) is 95.5 Å². The van der Waals surface area contributed by atoms with Gasteiger partial charge in [-0.25, -0.2) is 9.59 Å². The van der Waals surface area contributed by atoms with Gasteiger partial charge in [-0.05, 0) is 41.6 Å². The quantitative estimate of drug-likeness (QED) is 0.543. The van der Waals surface area contributed by atoms with Gasteiger partial charge in [0.15, 0.2) is 0 Å². The highest BCUT2D eigenvalue weighted by atomic mass is 127. The minimum atomic E-state index is -1.16. The molecule has 1 unspecified atom stereocenters. The van der Waals surface area contributed by atoms with Gasteiger partial charge < -0.3 is 10.4 Å². The first-order chi connectivity index (χ1) is 8.34. The third kappa shape index (κ3) is 1.94. The van der Waals surface area contributed by atoms with E-state index in [0.717, 1.165) is 0 Å². The van der Waals surface area contributed by atoms with Crippen LogP contribution in [0, 0.1) is 3.57 Å². The van der Waals surface area contributed by atoms with Crippen LogP contribution < -0.4 is 10.6 Å². The fourth-order valence-corrected chi connectivity index (χ4v) is 2.84. The number of rotatable bonds is 2. The summed E-state index contributed by atoms with van der Waals surface area (Å²) < 4.78 is 0.604. The molecule has 1 aromatic rings. The Kier molecular flexibility index (Phi) is 3.01. The van der Waals surface area contributed by atoms with Crippen LogP contribution in [0.2, 0.25) is 0 Å². The zero-order chi connectivity index (χ0) is 13.5. The zero-order valence-corrected chi connectivity index (χ0v) is 11.4.